The van der Waals surface area contributed by atoms with Crippen molar-refractivity contribution in [3.05, 3.63) is 59.2 Å². The molecule has 4 rings (SSSR count). The van der Waals surface area contributed by atoms with Crippen LogP contribution in [0.1, 0.15) is 40.1 Å². The van der Waals surface area contributed by atoms with Gasteiger partial charge >= 0.3 is 12.1 Å². The topological polar surface area (TPSA) is 201 Å². The zero-order valence-corrected chi connectivity index (χ0v) is 21.1. The molecule has 2 aliphatic rings. The standard InChI is InChI=1S/C26H31N3O9/c1-13-6-4-9-17(31)19(13)22(33)37-12-25(36)21(28-16-8-5-7-15(10-16)18(32)11-30)20(27)26(24(25,3)35)14(2)38-23(34)29-26/h4-10,14,20-21,28,30-31,35-36H,11-12,27H2,1-3H3,(H,29,34). The van der Waals surface area contributed by atoms with Gasteiger partial charge in [0.25, 0.3) is 0 Å². The van der Waals surface area contributed by atoms with Gasteiger partial charge in [-0.3, -0.25) is 4.79 Å². The Kier molecular flexibility index (Phi) is 6.87. The summed E-state index contributed by atoms with van der Waals surface area (Å²) < 4.78 is 10.7. The first-order valence-corrected chi connectivity index (χ1v) is 12.0. The Hall–Kier alpha value is -3.71. The summed E-state index contributed by atoms with van der Waals surface area (Å²) in [6.45, 7) is 2.85. The predicted octanol–water partition coefficient (Wildman–Crippen LogP) is 0.203. The molecule has 1 heterocycles. The van der Waals surface area contributed by atoms with Crippen LogP contribution < -0.4 is 16.4 Å². The highest BCUT2D eigenvalue weighted by Crippen LogP contribution is 2.51. The van der Waals surface area contributed by atoms with E-state index >= 15 is 0 Å². The number of aliphatic hydroxyl groups excluding tert-OH is 1. The van der Waals surface area contributed by atoms with E-state index in [0.717, 1.165) is 0 Å². The third-order valence-electron chi connectivity index (χ3n) is 7.81. The molecule has 2 aromatic rings. The predicted molar refractivity (Wildman–Crippen MR) is 134 cm³/mol. The first-order valence-electron chi connectivity index (χ1n) is 12.0. The van der Waals surface area contributed by atoms with Crippen LogP contribution in [0.3, 0.4) is 0 Å². The number of anilines is 1. The van der Waals surface area contributed by atoms with Gasteiger partial charge in [0.05, 0.1) is 12.1 Å². The zero-order valence-electron chi connectivity index (χ0n) is 21.1. The van der Waals surface area contributed by atoms with Gasteiger partial charge < -0.3 is 46.3 Å². The minimum Gasteiger partial charge on any atom is -0.507 e. The number of hydrogen-bond donors (Lipinski definition) is 7. The fourth-order valence-corrected chi connectivity index (χ4v) is 5.63. The molecule has 6 unspecified atom stereocenters. The quantitative estimate of drug-likeness (QED) is 0.191. The number of aromatic hydroxyl groups is 1. The Bertz CT molecular complexity index is 1260. The maximum Gasteiger partial charge on any atom is 0.408 e. The fraction of sp³-hybridized carbons (Fsp3) is 0.423. The lowest BCUT2D eigenvalue weighted by molar-refractivity contribution is -0.177. The molecule has 1 aliphatic carbocycles. The molecule has 0 bridgehead atoms. The molecule has 12 nitrogen and oxygen atoms in total. The molecular weight excluding hydrogens is 498 g/mol. The molecule has 1 aliphatic heterocycles. The molecule has 0 radical (unpaired) electrons. The Labute approximate surface area is 218 Å². The number of phenolic OH excluding ortho intramolecular Hbond substituents is 1. The summed E-state index contributed by atoms with van der Waals surface area (Å²) in [6, 6.07) is 8.04. The normalized spacial score (nSPS) is 32.1. The number of ketones is 1. The largest absolute Gasteiger partial charge is 0.507 e. The first-order chi connectivity index (χ1) is 17.8. The second-order valence-electron chi connectivity index (χ2n) is 9.89. The number of esters is 1. The van der Waals surface area contributed by atoms with Crippen molar-refractivity contribution < 1.29 is 44.3 Å². The molecule has 204 valence electrons. The molecule has 1 saturated carbocycles. The van der Waals surface area contributed by atoms with Crippen LogP contribution in [-0.4, -0.2) is 86.4 Å². The first kappa shape index (κ1) is 27.3. The number of ether oxygens (including phenoxy) is 2. The van der Waals surface area contributed by atoms with Crippen molar-refractivity contribution in [1.29, 1.82) is 0 Å². The number of cyclic esters (lactones) is 1. The summed E-state index contributed by atoms with van der Waals surface area (Å²) >= 11 is 0. The molecule has 2 fully saturated rings. The highest BCUT2D eigenvalue weighted by Gasteiger charge is 2.78. The SMILES string of the molecule is Cc1cccc(O)c1C(=O)OCC1(O)C(Nc2cccc(C(=O)CO)c2)C(N)C2(NC(=O)OC2C)C1(C)O. The van der Waals surface area contributed by atoms with Crippen molar-refractivity contribution in [2.24, 2.45) is 5.73 Å². The number of alkyl carbamates (subject to hydrolysis) is 1. The van der Waals surface area contributed by atoms with Crippen LogP contribution in [-0.2, 0) is 9.47 Å². The lowest BCUT2D eigenvalue weighted by atomic mass is 9.74. The van der Waals surface area contributed by atoms with Crippen LogP contribution >= 0.6 is 0 Å². The number of carbonyl (C=O) groups is 3. The van der Waals surface area contributed by atoms with Gasteiger partial charge in [-0.2, -0.15) is 0 Å². The number of amides is 1. The highest BCUT2D eigenvalue weighted by atomic mass is 16.6. The van der Waals surface area contributed by atoms with Crippen molar-refractivity contribution in [3.8, 4) is 5.75 Å². The lowest BCUT2D eigenvalue weighted by Gasteiger charge is -2.44. The molecule has 1 spiro atoms. The van der Waals surface area contributed by atoms with E-state index in [1.54, 1.807) is 31.2 Å². The lowest BCUT2D eigenvalue weighted by Crippen LogP contribution is -2.72. The number of nitrogens with one attached hydrogen (secondary N) is 2. The molecule has 12 heteroatoms. The van der Waals surface area contributed by atoms with Gasteiger partial charge in [0.2, 0.25) is 0 Å². The summed E-state index contributed by atoms with van der Waals surface area (Å²) in [4.78, 5) is 37.2. The molecule has 2 aromatic carbocycles. The van der Waals surface area contributed by atoms with Crippen LogP contribution in [0.5, 0.6) is 5.75 Å². The van der Waals surface area contributed by atoms with Crippen LogP contribution in [0.15, 0.2) is 42.5 Å². The number of rotatable bonds is 7. The van der Waals surface area contributed by atoms with Gasteiger partial charge in [-0.1, -0.05) is 24.3 Å². The van der Waals surface area contributed by atoms with Crippen molar-refractivity contribution >= 4 is 23.5 Å². The number of carbonyl (C=O) groups excluding carboxylic acids is 3. The average Bonchev–Trinajstić information content (AvgIpc) is 3.24. The Balaban J connectivity index is 1.74. The molecule has 38 heavy (non-hydrogen) atoms. The van der Waals surface area contributed by atoms with Crippen molar-refractivity contribution in [2.45, 2.75) is 55.7 Å². The van der Waals surface area contributed by atoms with Crippen LogP contribution in [0.2, 0.25) is 0 Å². The number of Topliss-reactive ketones (excluding diaryl/α,β-unsaturated/α-hetero) is 1. The van der Waals surface area contributed by atoms with E-state index in [1.165, 1.54) is 32.0 Å². The van der Waals surface area contributed by atoms with E-state index < -0.39 is 66.0 Å². The van der Waals surface area contributed by atoms with Crippen molar-refractivity contribution in [1.82, 2.24) is 5.32 Å². The monoisotopic (exact) mass is 529 g/mol. The van der Waals surface area contributed by atoms with Crippen molar-refractivity contribution in [2.75, 3.05) is 18.5 Å². The Morgan fingerprint density at radius 3 is 2.50 bits per heavy atom. The van der Waals surface area contributed by atoms with Gasteiger partial charge in [0.1, 0.15) is 41.8 Å². The number of nitrogens with two attached hydrogens (primary N) is 1. The van der Waals surface area contributed by atoms with Crippen LogP contribution in [0, 0.1) is 6.92 Å². The van der Waals surface area contributed by atoms with Crippen LogP contribution in [0.25, 0.3) is 0 Å². The van der Waals surface area contributed by atoms with E-state index in [4.69, 9.17) is 15.2 Å². The number of phenols is 1. The van der Waals surface area contributed by atoms with Crippen LogP contribution in [0.4, 0.5) is 10.5 Å². The van der Waals surface area contributed by atoms with E-state index in [-0.39, 0.29) is 16.9 Å². The number of aliphatic hydroxyl groups is 3. The van der Waals surface area contributed by atoms with Gasteiger partial charge in [-0.05, 0) is 44.5 Å². The molecule has 1 amide bonds. The third-order valence-corrected chi connectivity index (χ3v) is 7.81. The van der Waals surface area contributed by atoms with Gasteiger partial charge in [0.15, 0.2) is 11.4 Å². The molecular formula is C26H31N3O9. The minimum absolute atomic E-state index is 0.113. The molecule has 6 atom stereocenters. The Morgan fingerprint density at radius 2 is 1.89 bits per heavy atom. The number of aryl methyl sites for hydroxylation is 1. The average molecular weight is 530 g/mol. The number of benzene rings is 2. The number of hydrogen-bond acceptors (Lipinski definition) is 11. The van der Waals surface area contributed by atoms with Crippen molar-refractivity contribution in [3.63, 3.8) is 0 Å². The summed E-state index contributed by atoms with van der Waals surface area (Å²) in [6.07, 6.45) is -1.86. The van der Waals surface area contributed by atoms with Gasteiger partial charge in [-0.15, -0.1) is 0 Å². The Morgan fingerprint density at radius 1 is 1.21 bits per heavy atom. The van der Waals surface area contributed by atoms with Gasteiger partial charge in [-0.25, -0.2) is 9.59 Å². The molecule has 0 aromatic heterocycles. The van der Waals surface area contributed by atoms with E-state index in [2.05, 4.69) is 10.6 Å². The second kappa shape index (κ2) is 9.55. The molecule has 1 saturated heterocycles. The maximum absolute atomic E-state index is 12.9. The minimum atomic E-state index is -2.33. The van der Waals surface area contributed by atoms with E-state index in [1.807, 2.05) is 0 Å². The summed E-state index contributed by atoms with van der Waals surface area (Å²) in [7, 11) is 0. The van der Waals surface area contributed by atoms with Gasteiger partial charge in [0, 0.05) is 11.3 Å². The summed E-state index contributed by atoms with van der Waals surface area (Å²) in [5.41, 5.74) is 1.13. The summed E-state index contributed by atoms with van der Waals surface area (Å²) in [5, 5.41) is 48.9. The smallest absolute Gasteiger partial charge is 0.408 e. The zero-order chi connectivity index (χ0) is 28.0. The second-order valence-corrected chi connectivity index (χ2v) is 9.89. The third kappa shape index (κ3) is 3.97. The van der Waals surface area contributed by atoms with E-state index in [0.29, 0.717) is 11.3 Å². The highest BCUT2D eigenvalue weighted by molar-refractivity contribution is 5.97. The maximum atomic E-state index is 12.9. The molecule has 8 N–H and O–H groups in total. The van der Waals surface area contributed by atoms with E-state index in [9.17, 15) is 34.8 Å². The fourth-order valence-electron chi connectivity index (χ4n) is 5.63. The summed E-state index contributed by atoms with van der Waals surface area (Å²) in [5.74, 6) is -1.81.